The van der Waals surface area contributed by atoms with Crippen molar-refractivity contribution < 1.29 is 22.7 Å². The molecule has 9 heteroatoms. The summed E-state index contributed by atoms with van der Waals surface area (Å²) in [5.74, 6) is 0.962. The number of methoxy groups -OCH3 is 1. The summed E-state index contributed by atoms with van der Waals surface area (Å²) in [6.45, 7) is 4.90. The van der Waals surface area contributed by atoms with Gasteiger partial charge in [0.15, 0.2) is 16.7 Å². The highest BCUT2D eigenvalue weighted by Gasteiger charge is 2.34. The molecule has 0 N–H and O–H groups in total. The number of unbranched alkanes of at least 4 members (excludes halogenated alkanes) is 6. The summed E-state index contributed by atoms with van der Waals surface area (Å²) in [5, 5.41) is 0.145. The second kappa shape index (κ2) is 14.2. The number of sulfonamides is 1. The second-order valence-corrected chi connectivity index (χ2v) is 11.3. The molecule has 1 aliphatic rings. The average molecular weight is 545 g/mol. The zero-order valence-electron chi connectivity index (χ0n) is 21.8. The lowest BCUT2D eigenvalue weighted by Crippen LogP contribution is -2.29. The van der Waals surface area contributed by atoms with E-state index in [0.29, 0.717) is 29.6 Å². The molecule has 0 bridgehead atoms. The Hall–Kier alpha value is -2.78. The van der Waals surface area contributed by atoms with Crippen LogP contribution in [0, 0.1) is 0 Å². The number of hydrogen-bond donors (Lipinski definition) is 0. The number of rotatable bonds is 14. The van der Waals surface area contributed by atoms with Gasteiger partial charge in [0.2, 0.25) is 0 Å². The van der Waals surface area contributed by atoms with E-state index in [4.69, 9.17) is 9.47 Å². The van der Waals surface area contributed by atoms with Crippen molar-refractivity contribution in [1.29, 1.82) is 0 Å². The van der Waals surface area contributed by atoms with Crippen molar-refractivity contribution in [3.8, 4) is 11.5 Å². The number of ether oxygens (including phenoxy) is 2. The smallest absolute Gasteiger partial charge is 0.284 e. The van der Waals surface area contributed by atoms with Gasteiger partial charge in [0, 0.05) is 6.54 Å². The molecular formula is C28H36N2O5S2. The van der Waals surface area contributed by atoms with Crippen molar-refractivity contribution in [2.24, 2.45) is 4.40 Å². The van der Waals surface area contributed by atoms with Crippen LogP contribution in [-0.2, 0) is 14.8 Å². The van der Waals surface area contributed by atoms with Crippen LogP contribution in [-0.4, -0.2) is 44.7 Å². The summed E-state index contributed by atoms with van der Waals surface area (Å²) in [6.07, 6.45) is 10.1. The Morgan fingerprint density at radius 1 is 0.946 bits per heavy atom. The van der Waals surface area contributed by atoms with Crippen molar-refractivity contribution in [2.45, 2.75) is 63.7 Å². The monoisotopic (exact) mass is 544 g/mol. The third kappa shape index (κ3) is 8.10. The lowest BCUT2D eigenvalue weighted by Gasteiger charge is -2.12. The molecule has 0 unspecified atom stereocenters. The van der Waals surface area contributed by atoms with Gasteiger partial charge in [0.05, 0.1) is 23.5 Å². The van der Waals surface area contributed by atoms with E-state index in [-0.39, 0.29) is 16.0 Å². The van der Waals surface area contributed by atoms with E-state index in [1.165, 1.54) is 49.1 Å². The Morgan fingerprint density at radius 2 is 1.65 bits per heavy atom. The number of nitrogens with zero attached hydrogens (tertiary/aromatic N) is 2. The van der Waals surface area contributed by atoms with Gasteiger partial charge in [0.1, 0.15) is 0 Å². The molecular weight excluding hydrogens is 508 g/mol. The van der Waals surface area contributed by atoms with E-state index in [1.54, 1.807) is 38.3 Å². The molecule has 0 aliphatic carbocycles. The number of amides is 1. The van der Waals surface area contributed by atoms with E-state index in [2.05, 4.69) is 11.3 Å². The molecule has 0 aromatic heterocycles. The Kier molecular flexibility index (Phi) is 11.1. The highest BCUT2D eigenvalue weighted by Crippen LogP contribution is 2.35. The molecule has 7 nitrogen and oxygen atoms in total. The predicted octanol–water partition coefficient (Wildman–Crippen LogP) is 6.51. The van der Waals surface area contributed by atoms with E-state index in [9.17, 15) is 13.2 Å². The standard InChI is InChI=1S/C28H36N2O5S2/c1-4-6-7-8-9-10-14-19-35-25-20-22(17-18-24(25)34-3)21-26-27(31)30(5-2)28(36-26)29-37(32,33)23-15-12-11-13-16-23/h11-13,15-18,20-21H,4-10,14,19H2,1-3H3/b26-21-,29-28?. The number of likely N-dealkylation sites (N-methyl/N-ethyl adjacent to an activating group) is 1. The van der Waals surface area contributed by atoms with E-state index in [0.717, 1.165) is 30.2 Å². The normalized spacial score (nSPS) is 16.1. The fourth-order valence-corrected chi connectivity index (χ4v) is 6.16. The first-order chi connectivity index (χ1) is 17.9. The van der Waals surface area contributed by atoms with Gasteiger partial charge < -0.3 is 9.47 Å². The summed E-state index contributed by atoms with van der Waals surface area (Å²) in [5.41, 5.74) is 0.759. The molecule has 1 aliphatic heterocycles. The summed E-state index contributed by atoms with van der Waals surface area (Å²) < 4.78 is 40.9. The van der Waals surface area contributed by atoms with E-state index >= 15 is 0 Å². The number of thioether (sulfide) groups is 1. The predicted molar refractivity (Wildman–Crippen MR) is 150 cm³/mol. The molecule has 200 valence electrons. The maximum absolute atomic E-state index is 13.0. The van der Waals surface area contributed by atoms with Crippen LogP contribution in [0.3, 0.4) is 0 Å². The van der Waals surface area contributed by atoms with E-state index in [1.807, 2.05) is 18.2 Å². The number of hydrogen-bond acceptors (Lipinski definition) is 6. The van der Waals surface area contributed by atoms with Gasteiger partial charge in [0.25, 0.3) is 15.9 Å². The Balaban J connectivity index is 1.72. The number of carbonyl (C=O) groups excluding carboxylic acids is 1. The van der Waals surface area contributed by atoms with Gasteiger partial charge in [-0.2, -0.15) is 8.42 Å². The van der Waals surface area contributed by atoms with Gasteiger partial charge in [-0.15, -0.1) is 4.40 Å². The number of amidine groups is 1. The Bertz CT molecular complexity index is 1210. The quantitative estimate of drug-likeness (QED) is 0.199. The first kappa shape index (κ1) is 28.8. The topological polar surface area (TPSA) is 85.3 Å². The van der Waals surface area contributed by atoms with Crippen LogP contribution >= 0.6 is 11.8 Å². The van der Waals surface area contributed by atoms with Gasteiger partial charge in [-0.3, -0.25) is 9.69 Å². The van der Waals surface area contributed by atoms with Crippen molar-refractivity contribution in [3.63, 3.8) is 0 Å². The zero-order valence-corrected chi connectivity index (χ0v) is 23.4. The van der Waals surface area contributed by atoms with Crippen molar-refractivity contribution >= 4 is 38.9 Å². The molecule has 1 saturated heterocycles. The molecule has 0 atom stereocenters. The average Bonchev–Trinajstić information content (AvgIpc) is 3.18. The zero-order chi connectivity index (χ0) is 26.7. The number of carbonyl (C=O) groups is 1. The molecule has 1 heterocycles. The summed E-state index contributed by atoms with van der Waals surface area (Å²) in [6, 6.07) is 13.5. The van der Waals surface area contributed by atoms with Gasteiger partial charge in [-0.05, 0) is 61.0 Å². The van der Waals surface area contributed by atoms with Crippen molar-refractivity contribution in [1.82, 2.24) is 4.90 Å². The highest BCUT2D eigenvalue weighted by atomic mass is 32.2. The van der Waals surface area contributed by atoms with Crippen LogP contribution in [0.15, 0.2) is 62.7 Å². The van der Waals surface area contributed by atoms with Crippen molar-refractivity contribution in [2.75, 3.05) is 20.3 Å². The van der Waals surface area contributed by atoms with Gasteiger partial charge >= 0.3 is 0 Å². The summed E-state index contributed by atoms with van der Waals surface area (Å²) in [4.78, 5) is 14.9. The molecule has 2 aromatic carbocycles. The van der Waals surface area contributed by atoms with Crippen LogP contribution in [0.1, 0.15) is 64.4 Å². The molecule has 0 saturated carbocycles. The highest BCUT2D eigenvalue weighted by molar-refractivity contribution is 8.19. The van der Waals surface area contributed by atoms with Crippen LogP contribution in [0.2, 0.25) is 0 Å². The molecule has 3 rings (SSSR count). The maximum atomic E-state index is 13.0. The lowest BCUT2D eigenvalue weighted by molar-refractivity contribution is -0.122. The minimum atomic E-state index is -3.93. The fraction of sp³-hybridized carbons (Fsp3) is 0.429. The van der Waals surface area contributed by atoms with Gasteiger partial charge in [-0.25, -0.2) is 0 Å². The molecule has 0 radical (unpaired) electrons. The molecule has 2 aromatic rings. The molecule has 1 fully saturated rings. The lowest BCUT2D eigenvalue weighted by atomic mass is 10.1. The van der Waals surface area contributed by atoms with Crippen LogP contribution in [0.25, 0.3) is 6.08 Å². The van der Waals surface area contributed by atoms with Crippen LogP contribution < -0.4 is 9.47 Å². The fourth-order valence-electron chi connectivity index (χ4n) is 3.89. The summed E-state index contributed by atoms with van der Waals surface area (Å²) in [7, 11) is -2.34. The minimum Gasteiger partial charge on any atom is -0.493 e. The Labute approximate surface area is 225 Å². The third-order valence-electron chi connectivity index (χ3n) is 5.93. The van der Waals surface area contributed by atoms with Crippen LogP contribution in [0.4, 0.5) is 0 Å². The SMILES string of the molecule is CCCCCCCCCOc1cc(/C=C2\SC(=NS(=O)(=O)c3ccccc3)N(CC)C2=O)ccc1OC. The molecule has 1 amide bonds. The van der Waals surface area contributed by atoms with Gasteiger partial charge in [-0.1, -0.05) is 69.7 Å². The first-order valence-electron chi connectivity index (χ1n) is 12.8. The van der Waals surface area contributed by atoms with E-state index < -0.39 is 10.0 Å². The molecule has 37 heavy (non-hydrogen) atoms. The third-order valence-corrected chi connectivity index (χ3v) is 8.34. The second-order valence-electron chi connectivity index (χ2n) is 8.70. The summed E-state index contributed by atoms with van der Waals surface area (Å²) >= 11 is 1.05. The van der Waals surface area contributed by atoms with Crippen LogP contribution in [0.5, 0.6) is 11.5 Å². The minimum absolute atomic E-state index is 0.0851. The van der Waals surface area contributed by atoms with Crippen molar-refractivity contribution in [3.05, 3.63) is 59.0 Å². The first-order valence-corrected chi connectivity index (χ1v) is 15.1. The number of benzene rings is 2. The maximum Gasteiger partial charge on any atom is 0.284 e. The Morgan fingerprint density at radius 3 is 2.32 bits per heavy atom. The largest absolute Gasteiger partial charge is 0.493 e. The molecule has 0 spiro atoms.